The minimum absolute atomic E-state index is 0.106. The highest BCUT2D eigenvalue weighted by Gasteiger charge is 2.27. The van der Waals surface area contributed by atoms with Crippen LogP contribution in [0.1, 0.15) is 58.4 Å². The quantitative estimate of drug-likeness (QED) is 0.640. The van der Waals surface area contributed by atoms with Crippen LogP contribution in [0.2, 0.25) is 0 Å². The molecule has 2 fully saturated rings. The van der Waals surface area contributed by atoms with Crippen molar-refractivity contribution >= 4 is 18.1 Å². The Morgan fingerprint density at radius 2 is 1.67 bits per heavy atom. The molecule has 0 spiro atoms. The fraction of sp³-hybridized carbons (Fsp3) is 0.615. The van der Waals surface area contributed by atoms with Crippen molar-refractivity contribution in [1.82, 2.24) is 9.80 Å². The van der Waals surface area contributed by atoms with Gasteiger partial charge < -0.3 is 19.5 Å². The highest BCUT2D eigenvalue weighted by Crippen LogP contribution is 2.22. The van der Waals surface area contributed by atoms with E-state index in [1.165, 1.54) is 0 Å². The van der Waals surface area contributed by atoms with Crippen LogP contribution in [-0.4, -0.2) is 71.4 Å². The number of carboxylic acid groups (broad SMARTS) is 1. The first kappa shape index (κ1) is 25.1. The van der Waals surface area contributed by atoms with Crippen molar-refractivity contribution in [3.05, 3.63) is 35.9 Å². The number of ether oxygens (including phenoxy) is 2. The van der Waals surface area contributed by atoms with Crippen molar-refractivity contribution in [2.24, 2.45) is 5.92 Å². The van der Waals surface area contributed by atoms with Crippen LogP contribution in [0.4, 0.5) is 4.79 Å². The zero-order valence-corrected chi connectivity index (χ0v) is 20.2. The van der Waals surface area contributed by atoms with E-state index in [-0.39, 0.29) is 12.2 Å². The summed E-state index contributed by atoms with van der Waals surface area (Å²) in [5.41, 5.74) is 0.655. The lowest BCUT2D eigenvalue weighted by Crippen LogP contribution is -2.44. The van der Waals surface area contributed by atoms with E-state index in [0.717, 1.165) is 56.6 Å². The summed E-state index contributed by atoms with van der Waals surface area (Å²) in [6.07, 6.45) is 7.95. The van der Waals surface area contributed by atoms with Crippen LogP contribution < -0.4 is 4.74 Å². The summed E-state index contributed by atoms with van der Waals surface area (Å²) in [5.74, 6) is 0.482. The number of hydrogen-bond acceptors (Lipinski definition) is 5. The van der Waals surface area contributed by atoms with Gasteiger partial charge in [0.1, 0.15) is 17.5 Å². The van der Waals surface area contributed by atoms with Crippen molar-refractivity contribution in [2.45, 2.75) is 64.6 Å². The van der Waals surface area contributed by atoms with Crippen LogP contribution in [0.25, 0.3) is 6.08 Å². The number of hydrogen-bond donors (Lipinski definition) is 1. The number of carboxylic acids is 1. The monoisotopic (exact) mass is 458 g/mol. The summed E-state index contributed by atoms with van der Waals surface area (Å²) >= 11 is 0. The smallest absolute Gasteiger partial charge is 0.410 e. The number of rotatable bonds is 7. The van der Waals surface area contributed by atoms with Crippen LogP contribution in [0.5, 0.6) is 5.75 Å². The molecule has 3 rings (SSSR count). The third-order valence-electron chi connectivity index (χ3n) is 6.12. The largest absolute Gasteiger partial charge is 0.490 e. The number of likely N-dealkylation sites (tertiary alicyclic amines) is 2. The van der Waals surface area contributed by atoms with Gasteiger partial charge in [-0.1, -0.05) is 24.3 Å². The van der Waals surface area contributed by atoms with E-state index in [0.29, 0.717) is 25.4 Å². The fourth-order valence-electron chi connectivity index (χ4n) is 4.29. The Morgan fingerprint density at radius 3 is 2.24 bits per heavy atom. The molecule has 1 N–H and O–H groups in total. The number of piperidine rings is 2. The minimum Gasteiger partial charge on any atom is -0.490 e. The first-order valence-electron chi connectivity index (χ1n) is 12.0. The van der Waals surface area contributed by atoms with Crippen molar-refractivity contribution in [3.8, 4) is 5.75 Å². The molecule has 1 aromatic carbocycles. The Hall–Kier alpha value is -2.54. The van der Waals surface area contributed by atoms with Gasteiger partial charge in [0.05, 0.1) is 0 Å². The van der Waals surface area contributed by atoms with E-state index >= 15 is 0 Å². The molecule has 2 heterocycles. The highest BCUT2D eigenvalue weighted by molar-refractivity contribution is 5.68. The molecule has 0 atom stereocenters. The second-order valence-corrected chi connectivity index (χ2v) is 10.1. The van der Waals surface area contributed by atoms with Gasteiger partial charge in [-0.3, -0.25) is 9.69 Å². The summed E-state index contributed by atoms with van der Waals surface area (Å²) in [5, 5.41) is 8.92. The van der Waals surface area contributed by atoms with E-state index in [9.17, 15) is 9.59 Å². The Morgan fingerprint density at radius 1 is 1.03 bits per heavy atom. The molecule has 0 radical (unpaired) electrons. The van der Waals surface area contributed by atoms with Crippen molar-refractivity contribution in [2.75, 3.05) is 32.7 Å². The van der Waals surface area contributed by atoms with Gasteiger partial charge in [0.2, 0.25) is 0 Å². The molecule has 0 saturated carbocycles. The van der Waals surface area contributed by atoms with Crippen LogP contribution in [0.15, 0.2) is 30.3 Å². The zero-order chi connectivity index (χ0) is 23.8. The van der Waals surface area contributed by atoms with Gasteiger partial charge in [0, 0.05) is 38.9 Å². The van der Waals surface area contributed by atoms with Crippen molar-refractivity contribution in [1.29, 1.82) is 0 Å². The standard InChI is InChI=1S/C26H38N2O5/c1-26(2,3)33-25(31)28-17-12-23(13-18-28)32-22-8-6-20(7-9-22)5-4-14-27-15-10-21(11-16-27)19-24(29)30/h4-9,21,23H,10-19H2,1-3H3,(H,29,30)/b5-4+. The van der Waals surface area contributed by atoms with Gasteiger partial charge in [-0.25, -0.2) is 4.79 Å². The van der Waals surface area contributed by atoms with E-state index in [1.807, 2.05) is 32.9 Å². The summed E-state index contributed by atoms with van der Waals surface area (Å²) < 4.78 is 11.6. The summed E-state index contributed by atoms with van der Waals surface area (Å²) in [4.78, 5) is 27.2. The second kappa shape index (κ2) is 11.5. The lowest BCUT2D eigenvalue weighted by atomic mass is 9.94. The van der Waals surface area contributed by atoms with Gasteiger partial charge in [-0.15, -0.1) is 0 Å². The molecule has 0 aliphatic carbocycles. The molecule has 0 unspecified atom stereocenters. The third kappa shape index (κ3) is 8.72. The SMILES string of the molecule is CC(C)(C)OC(=O)N1CCC(Oc2ccc(/C=C/CN3CCC(CC(=O)O)CC3)cc2)CC1. The summed E-state index contributed by atoms with van der Waals surface area (Å²) in [6.45, 7) is 9.74. The molecule has 7 nitrogen and oxygen atoms in total. The molecule has 0 aromatic heterocycles. The Balaban J connectivity index is 1.37. The number of carbonyl (C=O) groups excluding carboxylic acids is 1. The normalized spacial score (nSPS) is 19.1. The third-order valence-corrected chi connectivity index (χ3v) is 6.12. The summed E-state index contributed by atoms with van der Waals surface area (Å²) in [7, 11) is 0. The molecular weight excluding hydrogens is 420 g/mol. The number of nitrogens with zero attached hydrogens (tertiary/aromatic N) is 2. The van der Waals surface area contributed by atoms with E-state index < -0.39 is 11.6 Å². The molecule has 7 heteroatoms. The van der Waals surface area contributed by atoms with Gasteiger partial charge in [-0.05, 0) is 70.3 Å². The van der Waals surface area contributed by atoms with Crippen molar-refractivity contribution in [3.63, 3.8) is 0 Å². The van der Waals surface area contributed by atoms with Crippen LogP contribution >= 0.6 is 0 Å². The first-order valence-corrected chi connectivity index (χ1v) is 12.0. The molecular formula is C26H38N2O5. The molecule has 1 aromatic rings. The highest BCUT2D eigenvalue weighted by atomic mass is 16.6. The topological polar surface area (TPSA) is 79.3 Å². The average Bonchev–Trinajstić information content (AvgIpc) is 2.75. The maximum atomic E-state index is 12.2. The van der Waals surface area contributed by atoms with E-state index in [2.05, 4.69) is 29.2 Å². The number of aliphatic carboxylic acids is 1. The lowest BCUT2D eigenvalue weighted by Gasteiger charge is -2.33. The van der Waals surface area contributed by atoms with Crippen LogP contribution in [0, 0.1) is 5.92 Å². The van der Waals surface area contributed by atoms with E-state index in [4.69, 9.17) is 14.6 Å². The maximum absolute atomic E-state index is 12.2. The molecule has 2 saturated heterocycles. The van der Waals surface area contributed by atoms with Crippen LogP contribution in [-0.2, 0) is 9.53 Å². The number of benzene rings is 1. The van der Waals surface area contributed by atoms with Crippen molar-refractivity contribution < 1.29 is 24.2 Å². The number of amides is 1. The molecule has 2 aliphatic rings. The molecule has 2 aliphatic heterocycles. The second-order valence-electron chi connectivity index (χ2n) is 10.1. The van der Waals surface area contributed by atoms with Gasteiger partial charge in [0.15, 0.2) is 0 Å². The zero-order valence-electron chi connectivity index (χ0n) is 20.2. The average molecular weight is 459 g/mol. The molecule has 182 valence electrons. The lowest BCUT2D eigenvalue weighted by molar-refractivity contribution is -0.138. The predicted octanol–water partition coefficient (Wildman–Crippen LogP) is 4.66. The Kier molecular flexibility index (Phi) is 8.78. The first-order chi connectivity index (χ1) is 15.7. The van der Waals surface area contributed by atoms with Gasteiger partial charge in [-0.2, -0.15) is 0 Å². The molecule has 0 bridgehead atoms. The van der Waals surface area contributed by atoms with Gasteiger partial charge in [0.25, 0.3) is 0 Å². The Labute approximate surface area is 197 Å². The van der Waals surface area contributed by atoms with E-state index in [1.54, 1.807) is 4.90 Å². The maximum Gasteiger partial charge on any atom is 0.410 e. The van der Waals surface area contributed by atoms with Gasteiger partial charge >= 0.3 is 12.1 Å². The number of carbonyl (C=O) groups is 2. The molecule has 33 heavy (non-hydrogen) atoms. The summed E-state index contributed by atoms with van der Waals surface area (Å²) in [6, 6.07) is 8.11. The fourth-order valence-corrected chi connectivity index (χ4v) is 4.29. The van der Waals surface area contributed by atoms with Crippen LogP contribution in [0.3, 0.4) is 0 Å². The predicted molar refractivity (Wildman–Crippen MR) is 128 cm³/mol. The molecule has 1 amide bonds. The Bertz CT molecular complexity index is 799. The minimum atomic E-state index is -0.688.